The molecular formula is C24H35NO4. The van der Waals surface area contributed by atoms with Crippen molar-refractivity contribution in [3.05, 3.63) is 60.2 Å². The Morgan fingerprint density at radius 2 is 1.97 bits per heavy atom. The van der Waals surface area contributed by atoms with Crippen LogP contribution in [0.4, 0.5) is 0 Å². The van der Waals surface area contributed by atoms with Gasteiger partial charge in [-0.25, -0.2) is 0 Å². The van der Waals surface area contributed by atoms with Gasteiger partial charge in [-0.2, -0.15) is 0 Å². The Kier molecular flexibility index (Phi) is 10.1. The molecule has 1 aliphatic carbocycles. The molecule has 5 heteroatoms. The van der Waals surface area contributed by atoms with E-state index in [1.165, 1.54) is 5.56 Å². The predicted octanol–water partition coefficient (Wildman–Crippen LogP) is 2.76. The number of benzene rings is 1. The van der Waals surface area contributed by atoms with Gasteiger partial charge in [-0.15, -0.1) is 0 Å². The van der Waals surface area contributed by atoms with Gasteiger partial charge in [-0.3, -0.25) is 4.79 Å². The smallest absolute Gasteiger partial charge is 0.219 e. The fraction of sp³-hybridized carbons (Fsp3) is 0.542. The third kappa shape index (κ3) is 8.13. The Hall–Kier alpha value is -1.95. The molecule has 1 saturated carbocycles. The Labute approximate surface area is 174 Å². The normalized spacial score (nSPS) is 25.7. The lowest BCUT2D eigenvalue weighted by molar-refractivity contribution is -0.120. The number of hydrogen-bond donors (Lipinski definition) is 4. The third-order valence-electron chi connectivity index (χ3n) is 5.67. The molecule has 1 aliphatic rings. The summed E-state index contributed by atoms with van der Waals surface area (Å²) in [5.41, 5.74) is 1.19. The maximum atomic E-state index is 11.2. The lowest BCUT2D eigenvalue weighted by Crippen LogP contribution is -2.20. The summed E-state index contributed by atoms with van der Waals surface area (Å²) in [6.07, 6.45) is 10.6. The second kappa shape index (κ2) is 12.6. The zero-order chi connectivity index (χ0) is 21.1. The summed E-state index contributed by atoms with van der Waals surface area (Å²) in [5.74, 6) is -0.173. The molecule has 5 nitrogen and oxygen atoms in total. The van der Waals surface area contributed by atoms with Crippen molar-refractivity contribution < 1.29 is 20.1 Å². The molecule has 0 aromatic heterocycles. The summed E-state index contributed by atoms with van der Waals surface area (Å²) in [5, 5.41) is 33.5. The van der Waals surface area contributed by atoms with E-state index in [-0.39, 0.29) is 17.7 Å². The predicted molar refractivity (Wildman–Crippen MR) is 115 cm³/mol. The summed E-state index contributed by atoms with van der Waals surface area (Å²) in [6.45, 7) is 0. The second-order valence-corrected chi connectivity index (χ2v) is 7.86. The number of carbonyl (C=O) groups is 1. The van der Waals surface area contributed by atoms with Crippen LogP contribution in [0.25, 0.3) is 0 Å². The number of amides is 1. The van der Waals surface area contributed by atoms with Crippen LogP contribution in [0.5, 0.6) is 0 Å². The zero-order valence-corrected chi connectivity index (χ0v) is 17.3. The molecule has 1 fully saturated rings. The van der Waals surface area contributed by atoms with Crippen LogP contribution in [0.15, 0.2) is 54.6 Å². The van der Waals surface area contributed by atoms with Crippen molar-refractivity contribution in [1.29, 1.82) is 0 Å². The molecule has 1 amide bonds. The van der Waals surface area contributed by atoms with E-state index in [2.05, 4.69) is 5.32 Å². The van der Waals surface area contributed by atoms with Crippen molar-refractivity contribution >= 4 is 5.91 Å². The van der Waals surface area contributed by atoms with Gasteiger partial charge in [-0.05, 0) is 43.6 Å². The third-order valence-corrected chi connectivity index (χ3v) is 5.67. The highest BCUT2D eigenvalue weighted by molar-refractivity contribution is 5.75. The fourth-order valence-corrected chi connectivity index (χ4v) is 3.90. The summed E-state index contributed by atoms with van der Waals surface area (Å²) in [6, 6.07) is 10.0. The van der Waals surface area contributed by atoms with E-state index >= 15 is 0 Å². The minimum atomic E-state index is -0.589. The number of aryl methyl sites for hydroxylation is 1. The Bertz CT molecular complexity index is 658. The first kappa shape index (κ1) is 23.3. The molecule has 1 aromatic carbocycles. The maximum absolute atomic E-state index is 11.2. The number of carbonyl (C=O) groups excluding carboxylic acids is 1. The minimum Gasteiger partial charge on any atom is -0.393 e. The monoisotopic (exact) mass is 401 g/mol. The molecule has 0 saturated heterocycles. The molecule has 3 unspecified atom stereocenters. The van der Waals surface area contributed by atoms with Crippen molar-refractivity contribution in [2.45, 2.75) is 63.3 Å². The molecule has 160 valence electrons. The van der Waals surface area contributed by atoms with Crippen LogP contribution in [-0.4, -0.2) is 46.6 Å². The van der Waals surface area contributed by atoms with Gasteiger partial charge in [0.2, 0.25) is 5.91 Å². The van der Waals surface area contributed by atoms with Crippen molar-refractivity contribution in [2.24, 2.45) is 11.8 Å². The highest BCUT2D eigenvalue weighted by Gasteiger charge is 2.39. The number of aliphatic hydroxyl groups excluding tert-OH is 3. The number of rotatable bonds is 11. The standard InChI is InChI=1S/C24H35NO4/c1-25-24(29)12-8-3-2-7-11-20-21(23(28)17-22(20)27)16-15-19(26)14-13-18-9-5-4-6-10-18/h2,4-7,9-10,15-16,19-23,26-28H,3,8,11-14,17H2,1H3,(H,25,29)/b7-2-,16-15+/t19?,20-,21-,22?,23?/m1/s1. The van der Waals surface area contributed by atoms with Crippen LogP contribution < -0.4 is 5.32 Å². The summed E-state index contributed by atoms with van der Waals surface area (Å²) < 4.78 is 0. The molecule has 0 bridgehead atoms. The molecule has 2 rings (SSSR count). The maximum Gasteiger partial charge on any atom is 0.219 e. The van der Waals surface area contributed by atoms with Crippen LogP contribution in [0.1, 0.15) is 44.1 Å². The van der Waals surface area contributed by atoms with Crippen LogP contribution in [0.2, 0.25) is 0 Å². The first-order valence-corrected chi connectivity index (χ1v) is 10.6. The summed E-state index contributed by atoms with van der Waals surface area (Å²) >= 11 is 0. The number of nitrogens with one attached hydrogen (secondary N) is 1. The molecule has 29 heavy (non-hydrogen) atoms. The van der Waals surface area contributed by atoms with Crippen molar-refractivity contribution in [3.8, 4) is 0 Å². The Morgan fingerprint density at radius 3 is 2.69 bits per heavy atom. The summed E-state index contributed by atoms with van der Waals surface area (Å²) in [7, 11) is 1.64. The van der Waals surface area contributed by atoms with Crippen LogP contribution in [0.3, 0.4) is 0 Å². The molecular weight excluding hydrogens is 366 g/mol. The number of allylic oxidation sites excluding steroid dienone is 2. The summed E-state index contributed by atoms with van der Waals surface area (Å²) in [4.78, 5) is 11.2. The van der Waals surface area contributed by atoms with Crippen LogP contribution in [0, 0.1) is 11.8 Å². The van der Waals surface area contributed by atoms with Crippen LogP contribution >= 0.6 is 0 Å². The van der Waals surface area contributed by atoms with E-state index in [0.717, 1.165) is 19.3 Å². The number of hydrogen-bond acceptors (Lipinski definition) is 4. The lowest BCUT2D eigenvalue weighted by Gasteiger charge is -2.19. The van der Waals surface area contributed by atoms with E-state index in [4.69, 9.17) is 0 Å². The van der Waals surface area contributed by atoms with Gasteiger partial charge in [0.05, 0.1) is 18.3 Å². The quantitative estimate of drug-likeness (QED) is 0.339. The van der Waals surface area contributed by atoms with Gasteiger partial charge in [-0.1, -0.05) is 54.6 Å². The molecule has 1 aromatic rings. The van der Waals surface area contributed by atoms with E-state index < -0.39 is 18.3 Å². The van der Waals surface area contributed by atoms with Gasteiger partial charge in [0.25, 0.3) is 0 Å². The van der Waals surface area contributed by atoms with Gasteiger partial charge in [0.15, 0.2) is 0 Å². The molecule has 0 spiro atoms. The zero-order valence-electron chi connectivity index (χ0n) is 17.3. The van der Waals surface area contributed by atoms with Crippen molar-refractivity contribution in [1.82, 2.24) is 5.32 Å². The average molecular weight is 402 g/mol. The topological polar surface area (TPSA) is 89.8 Å². The molecule has 0 heterocycles. The van der Waals surface area contributed by atoms with Crippen molar-refractivity contribution in [3.63, 3.8) is 0 Å². The van der Waals surface area contributed by atoms with E-state index in [1.54, 1.807) is 13.1 Å². The number of unbranched alkanes of at least 4 members (excludes halogenated alkanes) is 1. The van der Waals surface area contributed by atoms with Gasteiger partial charge in [0.1, 0.15) is 0 Å². The van der Waals surface area contributed by atoms with Gasteiger partial charge >= 0.3 is 0 Å². The Morgan fingerprint density at radius 1 is 1.21 bits per heavy atom. The molecule has 4 N–H and O–H groups in total. The van der Waals surface area contributed by atoms with Gasteiger partial charge in [0, 0.05) is 25.8 Å². The van der Waals surface area contributed by atoms with Gasteiger partial charge < -0.3 is 20.6 Å². The fourth-order valence-electron chi connectivity index (χ4n) is 3.90. The highest BCUT2D eigenvalue weighted by Crippen LogP contribution is 2.36. The minimum absolute atomic E-state index is 0.0451. The SMILES string of the molecule is CNC(=O)CCC/C=C\C[C@H]1C(O)CC(O)[C@@H]1/C=C/C(O)CCc1ccccc1. The van der Waals surface area contributed by atoms with E-state index in [0.29, 0.717) is 25.7 Å². The number of aliphatic hydroxyl groups is 3. The van der Waals surface area contributed by atoms with Crippen LogP contribution in [-0.2, 0) is 11.2 Å². The van der Waals surface area contributed by atoms with E-state index in [1.807, 2.05) is 48.6 Å². The molecule has 0 aliphatic heterocycles. The molecule has 0 radical (unpaired) electrons. The average Bonchev–Trinajstić information content (AvgIpc) is 3.00. The first-order chi connectivity index (χ1) is 14.0. The largest absolute Gasteiger partial charge is 0.393 e. The van der Waals surface area contributed by atoms with E-state index in [9.17, 15) is 20.1 Å². The second-order valence-electron chi connectivity index (χ2n) is 7.86. The van der Waals surface area contributed by atoms with Crippen molar-refractivity contribution in [2.75, 3.05) is 7.05 Å². The molecule has 5 atom stereocenters. The Balaban J connectivity index is 1.80. The lowest BCUT2D eigenvalue weighted by atomic mass is 9.89. The first-order valence-electron chi connectivity index (χ1n) is 10.6. The highest BCUT2D eigenvalue weighted by atomic mass is 16.3.